The molecule has 1 aromatic rings. The van der Waals surface area contributed by atoms with Crippen molar-refractivity contribution in [2.24, 2.45) is 0 Å². The normalized spacial score (nSPS) is 18.2. The van der Waals surface area contributed by atoms with E-state index < -0.39 is 0 Å². The summed E-state index contributed by atoms with van der Waals surface area (Å²) in [7, 11) is 3.91. The van der Waals surface area contributed by atoms with Crippen molar-refractivity contribution in [1.82, 2.24) is 15.0 Å². The van der Waals surface area contributed by atoms with E-state index in [1.54, 1.807) is 0 Å². The maximum absolute atomic E-state index is 4.61. The molecule has 1 N–H and O–H groups in total. The first-order chi connectivity index (χ1) is 9.91. The van der Waals surface area contributed by atoms with Crippen LogP contribution in [-0.2, 0) is 0 Å². The van der Waals surface area contributed by atoms with Crippen molar-refractivity contribution in [1.29, 1.82) is 0 Å². The summed E-state index contributed by atoms with van der Waals surface area (Å²) >= 11 is 2.03. The Bertz CT molecular complexity index is 477. The van der Waals surface area contributed by atoms with Crippen LogP contribution >= 0.6 is 11.8 Å². The largest absolute Gasteiger partial charge is 0.354 e. The van der Waals surface area contributed by atoms with Crippen molar-refractivity contribution in [3.8, 4) is 0 Å². The molecule has 1 aromatic heterocycles. The Morgan fingerprint density at radius 3 is 2.67 bits per heavy atom. The highest BCUT2D eigenvalue weighted by molar-refractivity contribution is 8.00. The van der Waals surface area contributed by atoms with Crippen molar-refractivity contribution in [3.63, 3.8) is 0 Å². The van der Waals surface area contributed by atoms with Gasteiger partial charge in [0.2, 0.25) is 17.8 Å². The molecule has 6 nitrogen and oxygen atoms in total. The van der Waals surface area contributed by atoms with E-state index in [1.807, 2.05) is 37.7 Å². The topological polar surface area (TPSA) is 57.2 Å². The van der Waals surface area contributed by atoms with Gasteiger partial charge in [-0.25, -0.2) is 0 Å². The van der Waals surface area contributed by atoms with E-state index in [9.17, 15) is 0 Å². The average molecular weight is 310 g/mol. The second-order valence-corrected chi connectivity index (χ2v) is 7.83. The molecule has 0 spiro atoms. The van der Waals surface area contributed by atoms with Crippen molar-refractivity contribution < 1.29 is 0 Å². The predicted molar refractivity (Wildman–Crippen MR) is 91.7 cm³/mol. The van der Waals surface area contributed by atoms with Gasteiger partial charge >= 0.3 is 0 Å². The molecule has 1 aliphatic heterocycles. The SMILES string of the molecule is CCNc1nc(N(C)C)nc(N2CCSC(C)(C)CC2)n1. The minimum absolute atomic E-state index is 0.330. The minimum atomic E-state index is 0.330. The van der Waals surface area contributed by atoms with Crippen LogP contribution in [0.25, 0.3) is 0 Å². The number of hydrogen-bond acceptors (Lipinski definition) is 7. The van der Waals surface area contributed by atoms with Gasteiger partial charge in [-0.05, 0) is 13.3 Å². The third-order valence-corrected chi connectivity index (χ3v) is 4.84. The van der Waals surface area contributed by atoms with E-state index in [4.69, 9.17) is 0 Å². The molecule has 0 radical (unpaired) electrons. The Morgan fingerprint density at radius 1 is 1.24 bits per heavy atom. The van der Waals surface area contributed by atoms with Gasteiger partial charge in [-0.15, -0.1) is 0 Å². The Labute approximate surface area is 131 Å². The van der Waals surface area contributed by atoms with Gasteiger partial charge in [0.1, 0.15) is 0 Å². The van der Waals surface area contributed by atoms with Gasteiger partial charge in [0.15, 0.2) is 0 Å². The molecular weight excluding hydrogens is 284 g/mol. The summed E-state index contributed by atoms with van der Waals surface area (Å²) < 4.78 is 0.330. The van der Waals surface area contributed by atoms with Crippen LogP contribution in [0.15, 0.2) is 0 Å². The second kappa shape index (κ2) is 6.68. The highest BCUT2D eigenvalue weighted by atomic mass is 32.2. The lowest BCUT2D eigenvalue weighted by Crippen LogP contribution is -2.30. The highest BCUT2D eigenvalue weighted by Gasteiger charge is 2.25. The number of anilines is 3. The quantitative estimate of drug-likeness (QED) is 0.914. The summed E-state index contributed by atoms with van der Waals surface area (Å²) in [6, 6.07) is 0. The standard InChI is InChI=1S/C14H26N6S/c1-6-15-11-16-12(19(4)5)18-13(17-11)20-8-7-14(2,3)21-10-9-20/h6-10H2,1-5H3,(H,15,16,17,18). The van der Waals surface area contributed by atoms with Gasteiger partial charge in [-0.1, -0.05) is 13.8 Å². The lowest BCUT2D eigenvalue weighted by Gasteiger charge is -2.23. The highest BCUT2D eigenvalue weighted by Crippen LogP contribution is 2.31. The molecule has 0 aromatic carbocycles. The van der Waals surface area contributed by atoms with Crippen molar-refractivity contribution in [3.05, 3.63) is 0 Å². The van der Waals surface area contributed by atoms with Crippen LogP contribution in [0.4, 0.5) is 17.8 Å². The number of thioether (sulfide) groups is 1. The number of hydrogen-bond donors (Lipinski definition) is 1. The summed E-state index contributed by atoms with van der Waals surface area (Å²) in [6.07, 6.45) is 1.14. The second-order valence-electron chi connectivity index (χ2n) is 6.03. The zero-order valence-corrected chi connectivity index (χ0v) is 14.5. The first-order valence-electron chi connectivity index (χ1n) is 7.47. The van der Waals surface area contributed by atoms with Gasteiger partial charge in [0.05, 0.1) is 0 Å². The lowest BCUT2D eigenvalue weighted by molar-refractivity contribution is 0.631. The smallest absolute Gasteiger partial charge is 0.231 e. The molecule has 2 heterocycles. The fraction of sp³-hybridized carbons (Fsp3) is 0.786. The van der Waals surface area contributed by atoms with Crippen molar-refractivity contribution in [2.75, 3.05) is 54.6 Å². The number of nitrogens with one attached hydrogen (secondary N) is 1. The van der Waals surface area contributed by atoms with E-state index >= 15 is 0 Å². The minimum Gasteiger partial charge on any atom is -0.354 e. The van der Waals surface area contributed by atoms with Crippen LogP contribution in [0, 0.1) is 0 Å². The molecule has 0 amide bonds. The van der Waals surface area contributed by atoms with E-state index in [0.717, 1.165) is 37.8 Å². The molecule has 0 bridgehead atoms. The van der Waals surface area contributed by atoms with Crippen LogP contribution < -0.4 is 15.1 Å². The van der Waals surface area contributed by atoms with Gasteiger partial charge in [-0.2, -0.15) is 26.7 Å². The average Bonchev–Trinajstić information content (AvgIpc) is 2.59. The summed E-state index contributed by atoms with van der Waals surface area (Å²) in [5.41, 5.74) is 0. The maximum atomic E-state index is 4.61. The third kappa shape index (κ3) is 4.36. The van der Waals surface area contributed by atoms with E-state index in [-0.39, 0.29) is 0 Å². The van der Waals surface area contributed by atoms with Crippen LogP contribution in [0.3, 0.4) is 0 Å². The lowest BCUT2D eigenvalue weighted by atomic mass is 10.1. The van der Waals surface area contributed by atoms with Gasteiger partial charge in [0, 0.05) is 44.2 Å². The maximum Gasteiger partial charge on any atom is 0.231 e. The Balaban J connectivity index is 2.25. The monoisotopic (exact) mass is 310 g/mol. The van der Waals surface area contributed by atoms with E-state index in [2.05, 4.69) is 39.0 Å². The molecule has 21 heavy (non-hydrogen) atoms. The molecule has 1 fully saturated rings. The fourth-order valence-electron chi connectivity index (χ4n) is 2.15. The van der Waals surface area contributed by atoms with Crippen LogP contribution in [-0.4, -0.2) is 59.2 Å². The Kier molecular flexibility index (Phi) is 5.13. The first-order valence-corrected chi connectivity index (χ1v) is 8.46. The molecule has 0 unspecified atom stereocenters. The van der Waals surface area contributed by atoms with Crippen LogP contribution in [0.1, 0.15) is 27.2 Å². The zero-order chi connectivity index (χ0) is 15.5. The molecule has 0 saturated carbocycles. The van der Waals surface area contributed by atoms with Crippen LogP contribution in [0.2, 0.25) is 0 Å². The van der Waals surface area contributed by atoms with E-state index in [0.29, 0.717) is 16.6 Å². The number of aromatic nitrogens is 3. The van der Waals surface area contributed by atoms with Gasteiger partial charge < -0.3 is 15.1 Å². The molecule has 1 aliphatic rings. The Morgan fingerprint density at radius 2 is 2.00 bits per heavy atom. The third-order valence-electron chi connectivity index (χ3n) is 3.47. The molecule has 2 rings (SSSR count). The van der Waals surface area contributed by atoms with Gasteiger partial charge in [0.25, 0.3) is 0 Å². The molecule has 0 atom stereocenters. The summed E-state index contributed by atoms with van der Waals surface area (Å²) in [5, 5.41) is 3.19. The molecule has 1 saturated heterocycles. The van der Waals surface area contributed by atoms with Crippen molar-refractivity contribution >= 4 is 29.6 Å². The zero-order valence-electron chi connectivity index (χ0n) is 13.7. The number of nitrogens with zero attached hydrogens (tertiary/aromatic N) is 5. The summed E-state index contributed by atoms with van der Waals surface area (Å²) in [6.45, 7) is 9.44. The summed E-state index contributed by atoms with van der Waals surface area (Å²) in [5.74, 6) is 3.24. The Hall–Kier alpha value is -1.24. The number of rotatable bonds is 4. The molecule has 0 aliphatic carbocycles. The molecular formula is C14H26N6S. The van der Waals surface area contributed by atoms with Crippen molar-refractivity contribution in [2.45, 2.75) is 31.9 Å². The first kappa shape index (κ1) is 16.1. The summed E-state index contributed by atoms with van der Waals surface area (Å²) in [4.78, 5) is 17.8. The van der Waals surface area contributed by atoms with Crippen LogP contribution in [0.5, 0.6) is 0 Å². The van der Waals surface area contributed by atoms with Gasteiger partial charge in [-0.3, -0.25) is 0 Å². The fourth-order valence-corrected chi connectivity index (χ4v) is 3.25. The predicted octanol–water partition coefficient (Wildman–Crippen LogP) is 2.09. The molecule has 118 valence electrons. The molecule has 7 heteroatoms. The van der Waals surface area contributed by atoms with E-state index in [1.165, 1.54) is 0 Å².